The normalized spacial score (nSPS) is 10.7. The van der Waals surface area contributed by atoms with Crippen LogP contribution in [0.4, 0.5) is 11.4 Å². The monoisotopic (exact) mass is 426 g/mol. The highest BCUT2D eigenvalue weighted by Gasteiger charge is 2.19. The van der Waals surface area contributed by atoms with Gasteiger partial charge in [-0.3, -0.25) is 19.7 Å². The summed E-state index contributed by atoms with van der Waals surface area (Å²) in [6.07, 6.45) is 1.43. The number of esters is 1. The molecule has 3 rings (SSSR count). The zero-order chi connectivity index (χ0) is 22.5. The molecule has 1 heterocycles. The Morgan fingerprint density at radius 3 is 2.61 bits per heavy atom. The minimum absolute atomic E-state index is 0.0128. The third kappa shape index (κ3) is 5.19. The summed E-state index contributed by atoms with van der Waals surface area (Å²) in [7, 11) is 0. The third-order valence-corrected chi connectivity index (χ3v) is 4.72. The first-order chi connectivity index (χ1) is 14.8. The summed E-state index contributed by atoms with van der Waals surface area (Å²) in [5.74, 6) is -0.988. The number of amides is 1. The van der Waals surface area contributed by atoms with Gasteiger partial charge in [0.1, 0.15) is 17.0 Å². The van der Waals surface area contributed by atoms with Crippen LogP contribution in [0, 0.1) is 24.0 Å². The summed E-state index contributed by atoms with van der Waals surface area (Å²) in [6.45, 7) is 5.47. The lowest BCUT2D eigenvalue weighted by atomic mass is 10.0. The fourth-order valence-corrected chi connectivity index (χ4v) is 3.04. The van der Waals surface area contributed by atoms with Crippen LogP contribution in [-0.2, 0) is 20.7 Å². The highest BCUT2D eigenvalue weighted by molar-refractivity contribution is 5.95. The molecule has 0 fully saturated rings. The number of furan rings is 1. The molecular formula is C22H22N2O7. The molecule has 2 aromatic carbocycles. The highest BCUT2D eigenvalue weighted by Crippen LogP contribution is 2.29. The number of aryl methyl sites for hydroxylation is 2. The maximum Gasteiger partial charge on any atom is 0.310 e. The van der Waals surface area contributed by atoms with Gasteiger partial charge in [-0.15, -0.1) is 0 Å². The average Bonchev–Trinajstić information content (AvgIpc) is 3.09. The van der Waals surface area contributed by atoms with Crippen molar-refractivity contribution < 1.29 is 28.4 Å². The molecule has 1 aromatic heterocycles. The highest BCUT2D eigenvalue weighted by atomic mass is 16.6. The second-order valence-corrected chi connectivity index (χ2v) is 6.95. The number of rotatable bonds is 8. The Morgan fingerprint density at radius 1 is 1.16 bits per heavy atom. The van der Waals surface area contributed by atoms with Gasteiger partial charge in [0.15, 0.2) is 6.61 Å². The quantitative estimate of drug-likeness (QED) is 0.327. The summed E-state index contributed by atoms with van der Waals surface area (Å²) < 4.78 is 15.8. The van der Waals surface area contributed by atoms with Crippen LogP contribution in [0.1, 0.15) is 23.6 Å². The first kappa shape index (κ1) is 21.8. The first-order valence-electron chi connectivity index (χ1n) is 9.62. The number of hydrogen-bond acceptors (Lipinski definition) is 7. The molecule has 0 saturated heterocycles. The number of fused-ring (bicyclic) bond motifs is 1. The van der Waals surface area contributed by atoms with E-state index in [1.54, 1.807) is 6.92 Å². The van der Waals surface area contributed by atoms with Gasteiger partial charge in [0, 0.05) is 10.9 Å². The van der Waals surface area contributed by atoms with E-state index in [-0.39, 0.29) is 17.8 Å². The molecule has 0 radical (unpaired) electrons. The SMILES string of the molecule is CCOc1ccc(NC(=O)COC(=O)Cc2coc3cc(C)c(C)cc23)c([N+](=O)[O-])c1. The number of carbonyl (C=O) groups excluding carboxylic acids is 2. The van der Waals surface area contributed by atoms with Gasteiger partial charge in [0.25, 0.3) is 11.6 Å². The molecule has 1 N–H and O–H groups in total. The zero-order valence-electron chi connectivity index (χ0n) is 17.4. The smallest absolute Gasteiger partial charge is 0.310 e. The van der Waals surface area contributed by atoms with E-state index in [9.17, 15) is 19.7 Å². The van der Waals surface area contributed by atoms with Crippen LogP contribution >= 0.6 is 0 Å². The largest absolute Gasteiger partial charge is 0.494 e. The minimum atomic E-state index is -0.691. The van der Waals surface area contributed by atoms with E-state index in [0.29, 0.717) is 23.5 Å². The van der Waals surface area contributed by atoms with Gasteiger partial charge in [0.2, 0.25) is 0 Å². The molecule has 0 unspecified atom stereocenters. The van der Waals surface area contributed by atoms with E-state index >= 15 is 0 Å². The molecule has 31 heavy (non-hydrogen) atoms. The van der Waals surface area contributed by atoms with E-state index < -0.39 is 23.4 Å². The molecule has 0 saturated carbocycles. The fraction of sp³-hybridized carbons (Fsp3) is 0.273. The van der Waals surface area contributed by atoms with Crippen molar-refractivity contribution in [2.75, 3.05) is 18.5 Å². The minimum Gasteiger partial charge on any atom is -0.494 e. The van der Waals surface area contributed by atoms with Crippen molar-refractivity contribution in [2.24, 2.45) is 0 Å². The molecule has 1 amide bonds. The standard InChI is InChI=1S/C22H22N2O7/c1-4-29-16-5-6-18(19(10-16)24(27)28)23-21(25)12-31-22(26)9-15-11-30-20-8-14(3)13(2)7-17(15)20/h5-8,10-11H,4,9,12H2,1-3H3,(H,23,25). The lowest BCUT2D eigenvalue weighted by molar-refractivity contribution is -0.384. The van der Waals surface area contributed by atoms with Crippen molar-refractivity contribution in [3.8, 4) is 5.75 Å². The summed E-state index contributed by atoms with van der Waals surface area (Å²) >= 11 is 0. The van der Waals surface area contributed by atoms with Gasteiger partial charge in [-0.25, -0.2) is 0 Å². The predicted molar refractivity (Wildman–Crippen MR) is 113 cm³/mol. The predicted octanol–water partition coefficient (Wildman–Crippen LogP) is 4.08. The van der Waals surface area contributed by atoms with Crippen LogP contribution in [0.15, 0.2) is 41.0 Å². The Morgan fingerprint density at radius 2 is 1.90 bits per heavy atom. The van der Waals surface area contributed by atoms with Gasteiger partial charge in [-0.05, 0) is 56.2 Å². The third-order valence-electron chi connectivity index (χ3n) is 4.72. The van der Waals surface area contributed by atoms with Gasteiger partial charge in [0.05, 0.1) is 30.3 Å². The molecule has 9 heteroatoms. The molecular weight excluding hydrogens is 404 g/mol. The number of ether oxygens (including phenoxy) is 2. The van der Waals surface area contributed by atoms with Crippen LogP contribution in [0.25, 0.3) is 11.0 Å². The van der Waals surface area contributed by atoms with Crippen molar-refractivity contribution >= 4 is 34.2 Å². The summed E-state index contributed by atoms with van der Waals surface area (Å²) in [4.78, 5) is 35.0. The number of nitrogens with zero attached hydrogens (tertiary/aromatic N) is 1. The van der Waals surface area contributed by atoms with Crippen LogP contribution in [0.3, 0.4) is 0 Å². The molecule has 0 aliphatic heterocycles. The van der Waals surface area contributed by atoms with Gasteiger partial charge in [-0.1, -0.05) is 0 Å². The zero-order valence-corrected chi connectivity index (χ0v) is 17.4. The van der Waals surface area contributed by atoms with E-state index in [1.165, 1.54) is 24.5 Å². The number of nitrogens with one attached hydrogen (secondary N) is 1. The first-order valence-corrected chi connectivity index (χ1v) is 9.62. The molecule has 0 aliphatic rings. The van der Waals surface area contributed by atoms with Crippen molar-refractivity contribution in [2.45, 2.75) is 27.2 Å². The second-order valence-electron chi connectivity index (χ2n) is 6.95. The molecule has 3 aromatic rings. The number of anilines is 1. The van der Waals surface area contributed by atoms with E-state index in [2.05, 4.69) is 5.32 Å². The van der Waals surface area contributed by atoms with Gasteiger partial charge >= 0.3 is 5.97 Å². The Bertz CT molecular complexity index is 1150. The molecule has 0 spiro atoms. The number of hydrogen-bond donors (Lipinski definition) is 1. The summed E-state index contributed by atoms with van der Waals surface area (Å²) in [6, 6.07) is 7.93. The van der Waals surface area contributed by atoms with Crippen LogP contribution in [-0.4, -0.2) is 30.0 Å². The maximum atomic E-state index is 12.2. The Labute approximate surface area is 178 Å². The number of carbonyl (C=O) groups is 2. The second kappa shape index (κ2) is 9.29. The maximum absolute atomic E-state index is 12.2. The van der Waals surface area contributed by atoms with Crippen molar-refractivity contribution in [1.29, 1.82) is 0 Å². The fourth-order valence-electron chi connectivity index (χ4n) is 3.04. The number of nitro benzene ring substituents is 1. The lowest BCUT2D eigenvalue weighted by Gasteiger charge is -2.09. The average molecular weight is 426 g/mol. The lowest BCUT2D eigenvalue weighted by Crippen LogP contribution is -2.22. The van der Waals surface area contributed by atoms with Gasteiger partial charge in [-0.2, -0.15) is 0 Å². The van der Waals surface area contributed by atoms with E-state index in [1.807, 2.05) is 26.0 Å². The Kier molecular flexibility index (Phi) is 6.54. The number of benzene rings is 2. The number of nitro groups is 1. The Balaban J connectivity index is 1.60. The molecule has 162 valence electrons. The Hall–Kier alpha value is -3.88. The van der Waals surface area contributed by atoms with Crippen LogP contribution < -0.4 is 10.1 Å². The molecule has 0 aliphatic carbocycles. The molecule has 0 atom stereocenters. The summed E-state index contributed by atoms with van der Waals surface area (Å²) in [5.41, 5.74) is 3.15. The summed E-state index contributed by atoms with van der Waals surface area (Å²) in [5, 5.41) is 14.5. The van der Waals surface area contributed by atoms with Crippen LogP contribution in [0.2, 0.25) is 0 Å². The molecule has 0 bridgehead atoms. The van der Waals surface area contributed by atoms with Crippen molar-refractivity contribution in [3.63, 3.8) is 0 Å². The van der Waals surface area contributed by atoms with Crippen LogP contribution in [0.5, 0.6) is 5.75 Å². The van der Waals surface area contributed by atoms with Gasteiger partial charge < -0.3 is 19.2 Å². The van der Waals surface area contributed by atoms with E-state index in [0.717, 1.165) is 16.5 Å². The molecule has 9 nitrogen and oxygen atoms in total. The van der Waals surface area contributed by atoms with E-state index in [4.69, 9.17) is 13.9 Å². The van der Waals surface area contributed by atoms with Crippen molar-refractivity contribution in [3.05, 3.63) is 63.4 Å². The topological polar surface area (TPSA) is 121 Å². The van der Waals surface area contributed by atoms with Crippen molar-refractivity contribution in [1.82, 2.24) is 0 Å².